The van der Waals surface area contributed by atoms with E-state index < -0.39 is 4.92 Å². The quantitative estimate of drug-likeness (QED) is 0.276. The zero-order valence-corrected chi connectivity index (χ0v) is 16.4. The predicted molar refractivity (Wildman–Crippen MR) is 112 cm³/mol. The highest BCUT2D eigenvalue weighted by Crippen LogP contribution is 2.36. The standard InChI is InChI=1S/C18H11BrN2O3S2/c19-13(10-12-4-2-1-3-5-12)11-16-17(22)20(18(25)26-16)14-6-8-15(9-7-14)21(23)24/h1-11H/b13-10-,16-11?. The van der Waals surface area contributed by atoms with Gasteiger partial charge in [-0.25, -0.2) is 0 Å². The molecule has 1 heterocycles. The van der Waals surface area contributed by atoms with Gasteiger partial charge in [-0.05, 0) is 29.8 Å². The molecule has 0 spiro atoms. The molecule has 0 saturated carbocycles. The summed E-state index contributed by atoms with van der Waals surface area (Å²) in [5.41, 5.74) is 1.47. The van der Waals surface area contributed by atoms with E-state index in [1.165, 1.54) is 40.9 Å². The molecular formula is C18H11BrN2O3S2. The fourth-order valence-electron chi connectivity index (χ4n) is 2.29. The van der Waals surface area contributed by atoms with Crippen LogP contribution in [0.3, 0.4) is 0 Å². The highest BCUT2D eigenvalue weighted by atomic mass is 79.9. The van der Waals surface area contributed by atoms with E-state index in [2.05, 4.69) is 15.9 Å². The third-order valence-electron chi connectivity index (χ3n) is 3.49. The van der Waals surface area contributed by atoms with E-state index in [1.54, 1.807) is 6.08 Å². The third-order valence-corrected chi connectivity index (χ3v) is 5.25. The molecule has 0 atom stereocenters. The number of carbonyl (C=O) groups is 1. The summed E-state index contributed by atoms with van der Waals surface area (Å²) in [5.74, 6) is -0.257. The van der Waals surface area contributed by atoms with Crippen molar-refractivity contribution in [2.24, 2.45) is 0 Å². The van der Waals surface area contributed by atoms with Crippen molar-refractivity contribution in [2.45, 2.75) is 0 Å². The van der Waals surface area contributed by atoms with Gasteiger partial charge in [0.2, 0.25) is 0 Å². The SMILES string of the molecule is O=C1C(=C/C(Br)=C/c2ccccc2)SC(=S)N1c1ccc([N+](=O)[O-])cc1. The van der Waals surface area contributed by atoms with Crippen molar-refractivity contribution < 1.29 is 9.72 Å². The second-order valence-electron chi connectivity index (χ2n) is 5.23. The van der Waals surface area contributed by atoms with Crippen molar-refractivity contribution in [3.8, 4) is 0 Å². The molecule has 0 unspecified atom stereocenters. The van der Waals surface area contributed by atoms with Gasteiger partial charge < -0.3 is 0 Å². The van der Waals surface area contributed by atoms with Gasteiger partial charge in [-0.1, -0.05) is 70.2 Å². The number of anilines is 1. The Morgan fingerprint density at radius 3 is 2.42 bits per heavy atom. The monoisotopic (exact) mass is 446 g/mol. The van der Waals surface area contributed by atoms with Crippen LogP contribution in [0.4, 0.5) is 11.4 Å². The Morgan fingerprint density at radius 1 is 1.15 bits per heavy atom. The van der Waals surface area contributed by atoms with Gasteiger partial charge in [0.15, 0.2) is 4.32 Å². The number of nitrogens with zero attached hydrogens (tertiary/aromatic N) is 2. The zero-order valence-electron chi connectivity index (χ0n) is 13.2. The first-order valence-corrected chi connectivity index (χ1v) is 9.42. The molecule has 0 radical (unpaired) electrons. The number of hydrogen-bond donors (Lipinski definition) is 0. The van der Waals surface area contributed by atoms with Gasteiger partial charge in [0.1, 0.15) is 0 Å². The lowest BCUT2D eigenvalue weighted by molar-refractivity contribution is -0.384. The van der Waals surface area contributed by atoms with Gasteiger partial charge in [-0.2, -0.15) is 0 Å². The normalized spacial score (nSPS) is 16.4. The number of benzene rings is 2. The second-order valence-corrected chi connectivity index (χ2v) is 7.82. The summed E-state index contributed by atoms with van der Waals surface area (Å²) < 4.78 is 1.13. The van der Waals surface area contributed by atoms with Crippen molar-refractivity contribution >= 4 is 67.6 Å². The van der Waals surface area contributed by atoms with Crippen LogP contribution in [-0.2, 0) is 4.79 Å². The second kappa shape index (κ2) is 7.94. The van der Waals surface area contributed by atoms with Crippen LogP contribution in [0.1, 0.15) is 5.56 Å². The van der Waals surface area contributed by atoms with E-state index in [9.17, 15) is 14.9 Å². The molecule has 130 valence electrons. The molecule has 3 rings (SSSR count). The molecular weight excluding hydrogens is 436 g/mol. The molecule has 0 aliphatic carbocycles. The first kappa shape index (κ1) is 18.5. The van der Waals surface area contributed by atoms with E-state index in [4.69, 9.17) is 12.2 Å². The number of nitro groups is 1. The van der Waals surface area contributed by atoms with Crippen LogP contribution in [-0.4, -0.2) is 15.2 Å². The van der Waals surface area contributed by atoms with Gasteiger partial charge in [-0.3, -0.25) is 19.8 Å². The predicted octanol–water partition coefficient (Wildman–Crippen LogP) is 5.28. The summed E-state index contributed by atoms with van der Waals surface area (Å²) in [5, 5.41) is 10.8. The van der Waals surface area contributed by atoms with E-state index in [0.717, 1.165) is 10.0 Å². The zero-order chi connectivity index (χ0) is 18.7. The van der Waals surface area contributed by atoms with Crippen LogP contribution in [0.15, 0.2) is 70.1 Å². The van der Waals surface area contributed by atoms with Gasteiger partial charge in [0.25, 0.3) is 11.6 Å². The lowest BCUT2D eigenvalue weighted by Gasteiger charge is -2.13. The Labute approximate surface area is 167 Å². The summed E-state index contributed by atoms with van der Waals surface area (Å²) in [7, 11) is 0. The molecule has 2 aromatic rings. The summed E-state index contributed by atoms with van der Waals surface area (Å²) in [6.45, 7) is 0. The molecule has 0 aromatic heterocycles. The first-order chi connectivity index (χ1) is 12.5. The number of nitro benzene ring substituents is 1. The molecule has 5 nitrogen and oxygen atoms in total. The summed E-state index contributed by atoms with van der Waals surface area (Å²) in [4.78, 5) is 24.8. The highest BCUT2D eigenvalue weighted by molar-refractivity contribution is 9.12. The molecule has 8 heteroatoms. The largest absolute Gasteiger partial charge is 0.270 e. The average molecular weight is 447 g/mol. The topological polar surface area (TPSA) is 63.5 Å². The Hall–Kier alpha value is -2.29. The molecule has 1 amide bonds. The van der Waals surface area contributed by atoms with Crippen molar-refractivity contribution in [2.75, 3.05) is 4.90 Å². The lowest BCUT2D eigenvalue weighted by atomic mass is 10.2. The Balaban J connectivity index is 1.84. The van der Waals surface area contributed by atoms with Gasteiger partial charge in [0.05, 0.1) is 15.5 Å². The number of halogens is 1. The molecule has 1 aliphatic rings. The number of rotatable bonds is 4. The molecule has 1 saturated heterocycles. The van der Waals surface area contributed by atoms with Gasteiger partial charge >= 0.3 is 0 Å². The lowest BCUT2D eigenvalue weighted by Crippen LogP contribution is -2.27. The number of thioether (sulfide) groups is 1. The molecule has 1 aliphatic heterocycles. The van der Waals surface area contributed by atoms with Crippen LogP contribution < -0.4 is 4.90 Å². The minimum absolute atomic E-state index is 0.0386. The van der Waals surface area contributed by atoms with Crippen molar-refractivity contribution in [1.82, 2.24) is 0 Å². The van der Waals surface area contributed by atoms with Gasteiger partial charge in [0, 0.05) is 16.6 Å². The van der Waals surface area contributed by atoms with Crippen LogP contribution in [0.2, 0.25) is 0 Å². The van der Waals surface area contributed by atoms with E-state index in [0.29, 0.717) is 14.9 Å². The molecule has 1 fully saturated rings. The smallest absolute Gasteiger partial charge is 0.268 e. The van der Waals surface area contributed by atoms with E-state index in [-0.39, 0.29) is 11.6 Å². The number of amides is 1. The van der Waals surface area contributed by atoms with E-state index in [1.807, 2.05) is 36.4 Å². The van der Waals surface area contributed by atoms with Crippen LogP contribution in [0, 0.1) is 10.1 Å². The summed E-state index contributed by atoms with van der Waals surface area (Å²) >= 11 is 9.95. The number of carbonyl (C=O) groups excluding carboxylic acids is 1. The number of allylic oxidation sites excluding steroid dienone is 2. The fourth-order valence-corrected chi connectivity index (χ4v) is 4.22. The van der Waals surface area contributed by atoms with Crippen molar-refractivity contribution in [1.29, 1.82) is 0 Å². The number of hydrogen-bond acceptors (Lipinski definition) is 5. The minimum atomic E-state index is -0.487. The Bertz CT molecular complexity index is 941. The Kier molecular flexibility index (Phi) is 5.65. The molecule has 0 N–H and O–H groups in total. The minimum Gasteiger partial charge on any atom is -0.268 e. The van der Waals surface area contributed by atoms with Gasteiger partial charge in [-0.15, -0.1) is 0 Å². The van der Waals surface area contributed by atoms with Crippen molar-refractivity contribution in [3.05, 3.63) is 85.7 Å². The maximum atomic E-state index is 12.7. The van der Waals surface area contributed by atoms with Crippen LogP contribution >= 0.6 is 39.9 Å². The van der Waals surface area contributed by atoms with Crippen LogP contribution in [0.5, 0.6) is 0 Å². The maximum Gasteiger partial charge on any atom is 0.270 e. The number of non-ortho nitro benzene ring substituents is 1. The van der Waals surface area contributed by atoms with Crippen LogP contribution in [0.25, 0.3) is 6.08 Å². The average Bonchev–Trinajstić information content (AvgIpc) is 2.89. The third kappa shape index (κ3) is 4.09. The molecule has 0 bridgehead atoms. The number of thiocarbonyl (C=S) groups is 1. The first-order valence-electron chi connectivity index (χ1n) is 7.40. The highest BCUT2D eigenvalue weighted by Gasteiger charge is 2.33. The van der Waals surface area contributed by atoms with Crippen molar-refractivity contribution in [3.63, 3.8) is 0 Å². The summed E-state index contributed by atoms with van der Waals surface area (Å²) in [6.07, 6.45) is 3.62. The summed E-state index contributed by atoms with van der Waals surface area (Å²) in [6, 6.07) is 15.4. The molecule has 2 aromatic carbocycles. The fraction of sp³-hybridized carbons (Fsp3) is 0. The Morgan fingerprint density at radius 2 is 1.81 bits per heavy atom. The maximum absolute atomic E-state index is 12.7. The van der Waals surface area contributed by atoms with E-state index >= 15 is 0 Å². The molecule has 26 heavy (non-hydrogen) atoms.